The number of anilines is 1. The van der Waals surface area contributed by atoms with Gasteiger partial charge in [-0.25, -0.2) is 0 Å². The molecule has 19 heavy (non-hydrogen) atoms. The predicted molar refractivity (Wildman–Crippen MR) is 70.7 cm³/mol. The molecule has 0 amide bonds. The number of nitrogens with two attached hydrogens (primary N) is 1. The molecule has 0 heterocycles. The van der Waals surface area contributed by atoms with Gasteiger partial charge in [0.15, 0.2) is 0 Å². The number of benzene rings is 2. The van der Waals surface area contributed by atoms with Crippen LogP contribution in [0.5, 0.6) is 0 Å². The number of hydrogen-bond donors (Lipinski definition) is 1. The normalized spacial score (nSPS) is 11.6. The van der Waals surface area contributed by atoms with Crippen LogP contribution in [0.4, 0.5) is 18.9 Å². The molecule has 0 fully saturated rings. The fraction of sp³-hybridized carbons (Fsp3) is 0.200. The maximum Gasteiger partial charge on any atom is 0.417 e. The Morgan fingerprint density at radius 1 is 1.00 bits per heavy atom. The second-order valence-corrected chi connectivity index (χ2v) is 4.35. The molecule has 2 N–H and O–H groups in total. The molecular formula is C15H14F3N. The highest BCUT2D eigenvalue weighted by Crippen LogP contribution is 2.38. The minimum Gasteiger partial charge on any atom is -0.399 e. The second-order valence-electron chi connectivity index (χ2n) is 4.35. The first-order valence-corrected chi connectivity index (χ1v) is 5.98. The predicted octanol–water partition coefficient (Wildman–Crippen LogP) is 4.52. The van der Waals surface area contributed by atoms with Gasteiger partial charge < -0.3 is 5.73 Å². The Morgan fingerprint density at radius 3 is 2.16 bits per heavy atom. The zero-order chi connectivity index (χ0) is 14.0. The fourth-order valence-electron chi connectivity index (χ4n) is 1.97. The number of hydrogen-bond acceptors (Lipinski definition) is 1. The molecule has 2 aromatic carbocycles. The lowest BCUT2D eigenvalue weighted by Crippen LogP contribution is -2.08. The molecule has 2 rings (SSSR count). The van der Waals surface area contributed by atoms with Gasteiger partial charge >= 0.3 is 6.18 Å². The molecular weight excluding hydrogens is 251 g/mol. The SMILES string of the molecule is CCc1ccc(-c2ccc(N)cc2C(F)(F)F)cc1. The molecule has 0 aliphatic carbocycles. The van der Waals surface area contributed by atoms with E-state index in [-0.39, 0.29) is 11.3 Å². The van der Waals surface area contributed by atoms with Crippen LogP contribution in [-0.2, 0) is 12.6 Å². The summed E-state index contributed by atoms with van der Waals surface area (Å²) in [6.45, 7) is 2.00. The van der Waals surface area contributed by atoms with E-state index >= 15 is 0 Å². The molecule has 0 saturated heterocycles. The van der Waals surface area contributed by atoms with Crippen molar-refractivity contribution < 1.29 is 13.2 Å². The van der Waals surface area contributed by atoms with Crippen LogP contribution in [0.2, 0.25) is 0 Å². The molecule has 0 saturated carbocycles. The molecule has 0 spiro atoms. The maximum absolute atomic E-state index is 13.0. The van der Waals surface area contributed by atoms with Crippen LogP contribution in [0, 0.1) is 0 Å². The van der Waals surface area contributed by atoms with Crippen molar-refractivity contribution in [3.05, 3.63) is 53.6 Å². The Bertz CT molecular complexity index is 571. The van der Waals surface area contributed by atoms with Gasteiger partial charge in [0.2, 0.25) is 0 Å². The molecule has 0 aliphatic rings. The van der Waals surface area contributed by atoms with Crippen LogP contribution in [-0.4, -0.2) is 0 Å². The Balaban J connectivity index is 2.54. The Labute approximate surface area is 109 Å². The smallest absolute Gasteiger partial charge is 0.399 e. The molecule has 0 atom stereocenters. The molecule has 0 bridgehead atoms. The van der Waals surface area contributed by atoms with Crippen molar-refractivity contribution in [2.45, 2.75) is 19.5 Å². The van der Waals surface area contributed by atoms with Crippen molar-refractivity contribution in [1.29, 1.82) is 0 Å². The zero-order valence-electron chi connectivity index (χ0n) is 10.5. The largest absolute Gasteiger partial charge is 0.417 e. The molecule has 4 heteroatoms. The van der Waals surface area contributed by atoms with Gasteiger partial charge in [0.1, 0.15) is 0 Å². The van der Waals surface area contributed by atoms with Crippen LogP contribution in [0.25, 0.3) is 11.1 Å². The van der Waals surface area contributed by atoms with Gasteiger partial charge in [0.25, 0.3) is 0 Å². The summed E-state index contributed by atoms with van der Waals surface area (Å²) in [5.74, 6) is 0. The molecule has 100 valence electrons. The highest BCUT2D eigenvalue weighted by molar-refractivity contribution is 5.70. The van der Waals surface area contributed by atoms with Gasteiger partial charge in [-0.3, -0.25) is 0 Å². The van der Waals surface area contributed by atoms with E-state index in [2.05, 4.69) is 0 Å². The highest BCUT2D eigenvalue weighted by atomic mass is 19.4. The lowest BCUT2D eigenvalue weighted by atomic mass is 9.97. The summed E-state index contributed by atoms with van der Waals surface area (Å²) in [6.07, 6.45) is -3.55. The monoisotopic (exact) mass is 265 g/mol. The van der Waals surface area contributed by atoms with E-state index < -0.39 is 11.7 Å². The van der Waals surface area contributed by atoms with E-state index in [0.29, 0.717) is 5.56 Å². The summed E-state index contributed by atoms with van der Waals surface area (Å²) in [5.41, 5.74) is 6.66. The summed E-state index contributed by atoms with van der Waals surface area (Å²) in [6, 6.07) is 11.0. The van der Waals surface area contributed by atoms with Crippen LogP contribution in [0.3, 0.4) is 0 Å². The van der Waals surface area contributed by atoms with Crippen molar-refractivity contribution in [3.8, 4) is 11.1 Å². The average Bonchev–Trinajstić information content (AvgIpc) is 2.38. The lowest BCUT2D eigenvalue weighted by Gasteiger charge is -2.14. The summed E-state index contributed by atoms with van der Waals surface area (Å²) in [7, 11) is 0. The van der Waals surface area contributed by atoms with E-state index in [1.807, 2.05) is 19.1 Å². The standard InChI is InChI=1S/C15H14F3N/c1-2-10-3-5-11(6-4-10)13-8-7-12(19)9-14(13)15(16,17)18/h3-9H,2,19H2,1H3. The third-order valence-corrected chi connectivity index (χ3v) is 3.02. The Morgan fingerprint density at radius 2 is 1.63 bits per heavy atom. The van der Waals surface area contributed by atoms with E-state index in [4.69, 9.17) is 5.73 Å². The van der Waals surface area contributed by atoms with E-state index in [0.717, 1.165) is 18.1 Å². The molecule has 0 aromatic heterocycles. The summed E-state index contributed by atoms with van der Waals surface area (Å²) < 4.78 is 39.0. The van der Waals surface area contributed by atoms with Gasteiger partial charge in [0.05, 0.1) is 5.56 Å². The number of nitrogen functional groups attached to an aromatic ring is 1. The second kappa shape index (κ2) is 4.96. The molecule has 1 nitrogen and oxygen atoms in total. The summed E-state index contributed by atoms with van der Waals surface area (Å²) in [4.78, 5) is 0. The minimum absolute atomic E-state index is 0.112. The van der Waals surface area contributed by atoms with Crippen molar-refractivity contribution in [3.63, 3.8) is 0 Å². The topological polar surface area (TPSA) is 26.0 Å². The van der Waals surface area contributed by atoms with E-state index in [1.165, 1.54) is 12.1 Å². The lowest BCUT2D eigenvalue weighted by molar-refractivity contribution is -0.137. The first kappa shape index (κ1) is 13.5. The quantitative estimate of drug-likeness (QED) is 0.794. The average molecular weight is 265 g/mol. The Hall–Kier alpha value is -1.97. The third kappa shape index (κ3) is 2.89. The molecule has 0 unspecified atom stereocenters. The van der Waals surface area contributed by atoms with Gasteiger partial charge in [0, 0.05) is 5.69 Å². The summed E-state index contributed by atoms with van der Waals surface area (Å²) in [5, 5.41) is 0. The highest BCUT2D eigenvalue weighted by Gasteiger charge is 2.33. The van der Waals surface area contributed by atoms with Crippen molar-refractivity contribution >= 4 is 5.69 Å². The maximum atomic E-state index is 13.0. The molecule has 0 radical (unpaired) electrons. The number of aryl methyl sites for hydroxylation is 1. The van der Waals surface area contributed by atoms with Gasteiger partial charge in [-0.05, 0) is 35.2 Å². The van der Waals surface area contributed by atoms with Crippen LogP contribution >= 0.6 is 0 Å². The molecule has 0 aliphatic heterocycles. The van der Waals surface area contributed by atoms with Crippen molar-refractivity contribution in [2.75, 3.05) is 5.73 Å². The van der Waals surface area contributed by atoms with Crippen LogP contribution in [0.15, 0.2) is 42.5 Å². The third-order valence-electron chi connectivity index (χ3n) is 3.02. The number of alkyl halides is 3. The van der Waals surface area contributed by atoms with Crippen LogP contribution in [0.1, 0.15) is 18.1 Å². The van der Waals surface area contributed by atoms with Crippen molar-refractivity contribution in [1.82, 2.24) is 0 Å². The molecule has 2 aromatic rings. The first-order chi connectivity index (χ1) is 8.91. The van der Waals surface area contributed by atoms with Gasteiger partial charge in [-0.15, -0.1) is 0 Å². The van der Waals surface area contributed by atoms with E-state index in [9.17, 15) is 13.2 Å². The summed E-state index contributed by atoms with van der Waals surface area (Å²) >= 11 is 0. The van der Waals surface area contributed by atoms with Gasteiger partial charge in [-0.1, -0.05) is 37.3 Å². The van der Waals surface area contributed by atoms with E-state index in [1.54, 1.807) is 12.1 Å². The van der Waals surface area contributed by atoms with Crippen LogP contribution < -0.4 is 5.73 Å². The van der Waals surface area contributed by atoms with Gasteiger partial charge in [-0.2, -0.15) is 13.2 Å². The fourth-order valence-corrected chi connectivity index (χ4v) is 1.97. The number of halogens is 3. The minimum atomic E-state index is -4.41. The zero-order valence-corrected chi connectivity index (χ0v) is 10.5. The Kier molecular flexibility index (Phi) is 3.51. The number of rotatable bonds is 2. The van der Waals surface area contributed by atoms with Crippen molar-refractivity contribution in [2.24, 2.45) is 0 Å². The first-order valence-electron chi connectivity index (χ1n) is 5.98.